The molecule has 0 saturated carbocycles. The zero-order valence-corrected chi connectivity index (χ0v) is 8.48. The summed E-state index contributed by atoms with van der Waals surface area (Å²) in [6, 6.07) is 0. The van der Waals surface area contributed by atoms with Gasteiger partial charge in [0.15, 0.2) is 0 Å². The van der Waals surface area contributed by atoms with Crippen LogP contribution < -0.4 is 10.6 Å². The van der Waals surface area contributed by atoms with E-state index >= 15 is 0 Å². The number of hydrogen-bond donors (Lipinski definition) is 2. The molecule has 0 saturated heterocycles. The van der Waals surface area contributed by atoms with Gasteiger partial charge < -0.3 is 10.6 Å². The van der Waals surface area contributed by atoms with Crippen LogP contribution in [0.2, 0.25) is 0 Å². The Hall–Kier alpha value is -0.570. The molecule has 72 valence electrons. The zero-order valence-electron chi connectivity index (χ0n) is 8.48. The molecule has 0 aliphatic carbocycles. The van der Waals surface area contributed by atoms with E-state index in [1.165, 1.54) is 0 Å². The van der Waals surface area contributed by atoms with Gasteiger partial charge in [-0.25, -0.2) is 0 Å². The van der Waals surface area contributed by atoms with Crippen molar-refractivity contribution in [2.75, 3.05) is 20.1 Å². The molecule has 0 heterocycles. The summed E-state index contributed by atoms with van der Waals surface area (Å²) in [5, 5.41) is 5.84. The maximum atomic E-state index is 11.3. The normalized spacial score (nSPS) is 13.1. The second-order valence-corrected chi connectivity index (χ2v) is 3.43. The Morgan fingerprint density at radius 3 is 2.25 bits per heavy atom. The van der Waals surface area contributed by atoms with Crippen molar-refractivity contribution in [3.8, 4) is 0 Å². The molecular formula is C9H20N2O. The third-order valence-electron chi connectivity index (χ3n) is 2.09. The maximum Gasteiger partial charge on any atom is 0.223 e. The Labute approximate surface area is 74.9 Å². The number of rotatable bonds is 5. The summed E-state index contributed by atoms with van der Waals surface area (Å²) >= 11 is 0. The molecule has 1 unspecified atom stereocenters. The molecule has 12 heavy (non-hydrogen) atoms. The average molecular weight is 172 g/mol. The minimum atomic E-state index is 0.113. The van der Waals surface area contributed by atoms with Crippen LogP contribution in [0.1, 0.15) is 20.8 Å². The standard InChI is InChI=1S/C9H20N2O/c1-7(2)8(3)9(12)11-6-5-10-4/h7-8,10H,5-6H2,1-4H3,(H,11,12). The fourth-order valence-corrected chi connectivity index (χ4v) is 0.774. The third-order valence-corrected chi connectivity index (χ3v) is 2.09. The molecule has 0 aliphatic rings. The van der Waals surface area contributed by atoms with Crippen molar-refractivity contribution in [3.05, 3.63) is 0 Å². The number of likely N-dealkylation sites (N-methyl/N-ethyl adjacent to an activating group) is 1. The summed E-state index contributed by atoms with van der Waals surface area (Å²) in [6.45, 7) is 7.62. The molecule has 0 aromatic rings. The van der Waals surface area contributed by atoms with Crippen LogP contribution in [0.3, 0.4) is 0 Å². The molecule has 0 aromatic heterocycles. The fraction of sp³-hybridized carbons (Fsp3) is 0.889. The molecule has 0 spiro atoms. The van der Waals surface area contributed by atoms with Gasteiger partial charge in [0.25, 0.3) is 0 Å². The van der Waals surface area contributed by atoms with Crippen LogP contribution in [-0.4, -0.2) is 26.0 Å². The van der Waals surface area contributed by atoms with E-state index in [1.54, 1.807) is 0 Å². The first-order chi connectivity index (χ1) is 5.59. The lowest BCUT2D eigenvalue weighted by atomic mass is 9.97. The summed E-state index contributed by atoms with van der Waals surface area (Å²) in [5.74, 6) is 0.682. The first-order valence-corrected chi connectivity index (χ1v) is 4.52. The van der Waals surface area contributed by atoms with Gasteiger partial charge >= 0.3 is 0 Å². The highest BCUT2D eigenvalue weighted by Gasteiger charge is 2.15. The molecule has 0 aromatic carbocycles. The average Bonchev–Trinajstić information content (AvgIpc) is 2.03. The van der Waals surface area contributed by atoms with E-state index in [2.05, 4.69) is 24.5 Å². The van der Waals surface area contributed by atoms with Gasteiger partial charge in [-0.05, 0) is 13.0 Å². The molecule has 1 atom stereocenters. The van der Waals surface area contributed by atoms with E-state index < -0.39 is 0 Å². The molecule has 0 rings (SSSR count). The van der Waals surface area contributed by atoms with Crippen molar-refractivity contribution in [2.45, 2.75) is 20.8 Å². The Bertz CT molecular complexity index is 134. The predicted octanol–water partition coefficient (Wildman–Crippen LogP) is 0.614. The molecule has 3 heteroatoms. The monoisotopic (exact) mass is 172 g/mol. The first kappa shape index (κ1) is 11.4. The molecule has 0 aliphatic heterocycles. The van der Waals surface area contributed by atoms with Gasteiger partial charge in [0.2, 0.25) is 5.91 Å². The van der Waals surface area contributed by atoms with Gasteiger partial charge in [-0.1, -0.05) is 20.8 Å². The van der Waals surface area contributed by atoms with Gasteiger partial charge in [-0.3, -0.25) is 4.79 Å². The molecule has 3 nitrogen and oxygen atoms in total. The van der Waals surface area contributed by atoms with Crippen molar-refractivity contribution < 1.29 is 4.79 Å². The minimum Gasteiger partial charge on any atom is -0.355 e. The van der Waals surface area contributed by atoms with E-state index in [4.69, 9.17) is 0 Å². The zero-order chi connectivity index (χ0) is 9.56. The minimum absolute atomic E-state index is 0.113. The highest BCUT2D eigenvalue weighted by atomic mass is 16.1. The van der Waals surface area contributed by atoms with Gasteiger partial charge in [0, 0.05) is 19.0 Å². The van der Waals surface area contributed by atoms with E-state index in [0.29, 0.717) is 12.5 Å². The predicted molar refractivity (Wildman–Crippen MR) is 50.9 cm³/mol. The topological polar surface area (TPSA) is 41.1 Å². The Balaban J connectivity index is 3.57. The SMILES string of the molecule is CNCCNC(=O)C(C)C(C)C. The summed E-state index contributed by atoms with van der Waals surface area (Å²) in [7, 11) is 1.87. The van der Waals surface area contributed by atoms with Crippen molar-refractivity contribution in [3.63, 3.8) is 0 Å². The van der Waals surface area contributed by atoms with Gasteiger partial charge in [0.05, 0.1) is 0 Å². The number of amides is 1. The summed E-state index contributed by atoms with van der Waals surface area (Å²) < 4.78 is 0. The quantitative estimate of drug-likeness (QED) is 0.597. The highest BCUT2D eigenvalue weighted by Crippen LogP contribution is 2.08. The number of carbonyl (C=O) groups is 1. The van der Waals surface area contributed by atoms with Crippen LogP contribution in [0, 0.1) is 11.8 Å². The Morgan fingerprint density at radius 1 is 1.25 bits per heavy atom. The maximum absolute atomic E-state index is 11.3. The largest absolute Gasteiger partial charge is 0.355 e. The van der Waals surface area contributed by atoms with Crippen molar-refractivity contribution in [1.29, 1.82) is 0 Å². The molecule has 0 bridgehead atoms. The molecule has 0 radical (unpaired) electrons. The molecule has 1 amide bonds. The first-order valence-electron chi connectivity index (χ1n) is 4.52. The van der Waals surface area contributed by atoms with Crippen LogP contribution >= 0.6 is 0 Å². The van der Waals surface area contributed by atoms with E-state index in [1.807, 2.05) is 14.0 Å². The summed E-state index contributed by atoms with van der Waals surface area (Å²) in [4.78, 5) is 11.3. The number of hydrogen-bond acceptors (Lipinski definition) is 2. The lowest BCUT2D eigenvalue weighted by molar-refractivity contribution is -0.125. The summed E-state index contributed by atoms with van der Waals surface area (Å²) in [6.07, 6.45) is 0. The summed E-state index contributed by atoms with van der Waals surface area (Å²) in [5.41, 5.74) is 0. The third kappa shape index (κ3) is 4.34. The van der Waals surface area contributed by atoms with Crippen LogP contribution in [0.5, 0.6) is 0 Å². The molecule has 2 N–H and O–H groups in total. The number of carbonyl (C=O) groups excluding carboxylic acids is 1. The van der Waals surface area contributed by atoms with Crippen LogP contribution in [0.15, 0.2) is 0 Å². The van der Waals surface area contributed by atoms with Crippen LogP contribution in [-0.2, 0) is 4.79 Å². The van der Waals surface area contributed by atoms with Gasteiger partial charge in [-0.15, -0.1) is 0 Å². The Kier molecular flexibility index (Phi) is 5.72. The van der Waals surface area contributed by atoms with Gasteiger partial charge in [0.1, 0.15) is 0 Å². The smallest absolute Gasteiger partial charge is 0.223 e. The highest BCUT2D eigenvalue weighted by molar-refractivity contribution is 5.78. The van der Waals surface area contributed by atoms with Crippen molar-refractivity contribution in [1.82, 2.24) is 10.6 Å². The molecule has 0 fully saturated rings. The van der Waals surface area contributed by atoms with Crippen molar-refractivity contribution in [2.24, 2.45) is 11.8 Å². The van der Waals surface area contributed by atoms with Crippen molar-refractivity contribution >= 4 is 5.91 Å². The molecular weight excluding hydrogens is 152 g/mol. The second-order valence-electron chi connectivity index (χ2n) is 3.43. The van der Waals surface area contributed by atoms with Crippen LogP contribution in [0.25, 0.3) is 0 Å². The fourth-order valence-electron chi connectivity index (χ4n) is 0.774. The Morgan fingerprint density at radius 2 is 1.83 bits per heavy atom. The lowest BCUT2D eigenvalue weighted by Gasteiger charge is -2.14. The second kappa shape index (κ2) is 6.00. The number of nitrogens with one attached hydrogen (secondary N) is 2. The van der Waals surface area contributed by atoms with Gasteiger partial charge in [-0.2, -0.15) is 0 Å². The van der Waals surface area contributed by atoms with E-state index in [9.17, 15) is 4.79 Å². The van der Waals surface area contributed by atoms with E-state index in [-0.39, 0.29) is 11.8 Å². The van der Waals surface area contributed by atoms with E-state index in [0.717, 1.165) is 6.54 Å². The lowest BCUT2D eigenvalue weighted by Crippen LogP contribution is -2.35. The van der Waals surface area contributed by atoms with Crippen LogP contribution in [0.4, 0.5) is 0 Å².